The molecule has 0 fully saturated rings. The Morgan fingerprint density at radius 1 is 1.67 bits per heavy atom. The molecule has 1 atom stereocenters. The second-order valence-corrected chi connectivity index (χ2v) is 5.06. The molecule has 0 heterocycles. The molecular weight excluding hydrogens is 146 g/mol. The highest BCUT2D eigenvalue weighted by atomic mass is 35.7. The molecule has 0 amide bonds. The van der Waals surface area contributed by atoms with Gasteiger partial charge in [-0.15, -0.1) is 0 Å². The van der Waals surface area contributed by atoms with Gasteiger partial charge in [-0.2, -0.15) is 8.42 Å². The average Bonchev–Trinajstić information content (AvgIpc) is 1.35. The molecule has 0 rings (SSSR count). The molecule has 3 nitrogen and oxygen atoms in total. The van der Waals surface area contributed by atoms with E-state index in [0.29, 0.717) is 0 Å². The van der Waals surface area contributed by atoms with Crippen LogP contribution in [0, 0.1) is 0 Å². The molecule has 6 heteroatoms. The Kier molecular flexibility index (Phi) is 2.29. The van der Waals surface area contributed by atoms with Gasteiger partial charge in [-0.3, -0.25) is 4.55 Å². The van der Waals surface area contributed by atoms with Crippen LogP contribution in [0.1, 0.15) is 0 Å². The summed E-state index contributed by atoms with van der Waals surface area (Å²) in [7, 11) is -4.80. The van der Waals surface area contributed by atoms with Crippen molar-refractivity contribution >= 4 is 28.1 Å². The Hall–Kier alpha value is 0.630. The topological polar surface area (TPSA) is 54.4 Å². The molecule has 0 spiro atoms. The van der Waals surface area contributed by atoms with Crippen LogP contribution in [-0.2, 0) is 9.74 Å². The molecule has 0 aromatic heterocycles. The third kappa shape index (κ3) is 4.63. The Balaban J connectivity index is 3.85. The fourth-order valence-corrected chi connectivity index (χ4v) is 0. The fourth-order valence-electron chi connectivity index (χ4n) is 0. The Morgan fingerprint density at radius 2 is 1.83 bits per heavy atom. The zero-order valence-electron chi connectivity index (χ0n) is 2.55. The lowest BCUT2D eigenvalue weighted by Crippen LogP contribution is -1.79. The van der Waals surface area contributed by atoms with Crippen molar-refractivity contribution in [3.8, 4) is 0 Å². The largest absolute Gasteiger partial charge is 0.292 e. The molecule has 0 radical (unpaired) electrons. The monoisotopic (exact) mass is 148 g/mol. The van der Waals surface area contributed by atoms with Gasteiger partial charge in [0, 0.05) is 0 Å². The van der Waals surface area contributed by atoms with Crippen molar-refractivity contribution in [1.82, 2.24) is 0 Å². The van der Waals surface area contributed by atoms with Crippen molar-refractivity contribution in [1.29, 1.82) is 0 Å². The highest BCUT2D eigenvalue weighted by Crippen LogP contribution is 2.22. The molecule has 0 bridgehead atoms. The standard InChI is InChI=1S/ClH2O3PS/c1-5-6(2,3)4/h5H,(H,2,3,4). The summed E-state index contributed by atoms with van der Waals surface area (Å²) in [6.45, 7) is 0. The van der Waals surface area contributed by atoms with E-state index in [-0.39, 0.29) is 0 Å². The van der Waals surface area contributed by atoms with Gasteiger partial charge in [-0.25, -0.2) is 0 Å². The first kappa shape index (κ1) is 6.63. The van der Waals surface area contributed by atoms with Crippen LogP contribution in [0.3, 0.4) is 0 Å². The zero-order valence-corrected chi connectivity index (χ0v) is 5.12. The van der Waals surface area contributed by atoms with E-state index in [4.69, 9.17) is 4.55 Å². The summed E-state index contributed by atoms with van der Waals surface area (Å²) in [5.41, 5.74) is 0. The molecule has 0 aromatic carbocycles. The lowest BCUT2D eigenvalue weighted by Gasteiger charge is -1.77. The van der Waals surface area contributed by atoms with Crippen LogP contribution in [0.15, 0.2) is 0 Å². The lowest BCUT2D eigenvalue weighted by atomic mass is 15.9. The van der Waals surface area contributed by atoms with E-state index >= 15 is 0 Å². The van der Waals surface area contributed by atoms with Crippen molar-refractivity contribution in [2.75, 3.05) is 0 Å². The summed E-state index contributed by atoms with van der Waals surface area (Å²) in [6, 6.07) is 0. The van der Waals surface area contributed by atoms with Crippen LogP contribution in [0.4, 0.5) is 0 Å². The van der Waals surface area contributed by atoms with Crippen LogP contribution in [0.2, 0.25) is 0 Å². The molecule has 0 aromatic rings. The van der Waals surface area contributed by atoms with Gasteiger partial charge in [0.1, 0.15) is 7.14 Å². The fraction of sp³-hybridized carbons (Fsp3) is 0. The molecule has 0 saturated carbocycles. The van der Waals surface area contributed by atoms with E-state index in [9.17, 15) is 8.42 Å². The van der Waals surface area contributed by atoms with Gasteiger partial charge in [0.15, 0.2) is 0 Å². The number of hydrogen-bond donors (Lipinski definition) is 1. The highest BCUT2D eigenvalue weighted by molar-refractivity contribution is 8.48. The second kappa shape index (κ2) is 2.07. The third-order valence-electron chi connectivity index (χ3n) is 0.0975. The van der Waals surface area contributed by atoms with E-state index in [1.807, 2.05) is 0 Å². The van der Waals surface area contributed by atoms with Crippen molar-refractivity contribution in [3.63, 3.8) is 0 Å². The number of halogens is 1. The predicted octanol–water partition coefficient (Wildman–Crippen LogP) is 0.621. The maximum absolute atomic E-state index is 9.44. The average molecular weight is 149 g/mol. The van der Waals surface area contributed by atoms with Crippen LogP contribution in [0.5, 0.6) is 0 Å². The molecule has 0 aliphatic rings. The van der Waals surface area contributed by atoms with E-state index in [1.165, 1.54) is 0 Å². The van der Waals surface area contributed by atoms with Crippen molar-refractivity contribution in [2.24, 2.45) is 0 Å². The number of hydrogen-bond acceptors (Lipinski definition) is 2. The summed E-state index contributed by atoms with van der Waals surface area (Å²) in [6.07, 6.45) is 0. The molecule has 1 N–H and O–H groups in total. The quantitative estimate of drug-likeness (QED) is 0.438. The molecule has 0 saturated heterocycles. The highest BCUT2D eigenvalue weighted by Gasteiger charge is 1.96. The third-order valence-corrected chi connectivity index (χ3v) is 2.63. The van der Waals surface area contributed by atoms with Crippen molar-refractivity contribution < 1.29 is 13.0 Å². The van der Waals surface area contributed by atoms with Gasteiger partial charge >= 0.3 is 0 Å². The second-order valence-electron chi connectivity index (χ2n) is 0.552. The van der Waals surface area contributed by atoms with Crippen LogP contribution < -0.4 is 0 Å². The Labute approximate surface area is 41.8 Å². The molecule has 38 valence electrons. The predicted molar refractivity (Wildman–Crippen MR) is 25.7 cm³/mol. The molecular formula is H2ClO3PS. The SMILES string of the molecule is O=S(=O)(O)PCl. The molecule has 0 aliphatic heterocycles. The normalized spacial score (nSPS) is 13.7. The van der Waals surface area contributed by atoms with Gasteiger partial charge in [0.2, 0.25) is 0 Å². The molecule has 0 aliphatic carbocycles. The number of rotatable bonds is 1. The Morgan fingerprint density at radius 3 is 1.83 bits per heavy atom. The van der Waals surface area contributed by atoms with Gasteiger partial charge in [0.25, 0.3) is 9.74 Å². The van der Waals surface area contributed by atoms with E-state index in [0.717, 1.165) is 0 Å². The zero-order chi connectivity index (χ0) is 5.21. The van der Waals surface area contributed by atoms with Gasteiger partial charge in [0.05, 0.1) is 0 Å². The lowest BCUT2D eigenvalue weighted by molar-refractivity contribution is 0.502. The van der Waals surface area contributed by atoms with Crippen LogP contribution in [-0.4, -0.2) is 13.0 Å². The summed E-state index contributed by atoms with van der Waals surface area (Å²) in [5, 5.41) is 0. The van der Waals surface area contributed by atoms with E-state index < -0.39 is 16.9 Å². The maximum atomic E-state index is 9.44. The van der Waals surface area contributed by atoms with Crippen LogP contribution >= 0.6 is 18.4 Å². The molecule has 1 unspecified atom stereocenters. The minimum atomic E-state index is -3.87. The summed E-state index contributed by atoms with van der Waals surface area (Å²) < 4.78 is 26.6. The minimum Gasteiger partial charge on any atom is -0.282 e. The Bertz CT molecular complexity index is 113. The maximum Gasteiger partial charge on any atom is 0.292 e. The van der Waals surface area contributed by atoms with Gasteiger partial charge < -0.3 is 0 Å². The van der Waals surface area contributed by atoms with Gasteiger partial charge in [-0.1, -0.05) is 11.2 Å². The van der Waals surface area contributed by atoms with Gasteiger partial charge in [-0.05, 0) is 0 Å². The smallest absolute Gasteiger partial charge is 0.282 e. The van der Waals surface area contributed by atoms with Crippen molar-refractivity contribution in [3.05, 3.63) is 0 Å². The molecule has 6 heavy (non-hydrogen) atoms. The summed E-state index contributed by atoms with van der Waals surface area (Å²) in [4.78, 5) is 0. The summed E-state index contributed by atoms with van der Waals surface area (Å²) >= 11 is 4.67. The van der Waals surface area contributed by atoms with Crippen LogP contribution in [0.25, 0.3) is 0 Å². The van der Waals surface area contributed by atoms with Crippen molar-refractivity contribution in [2.45, 2.75) is 0 Å². The first-order valence-corrected chi connectivity index (χ1v) is 5.09. The first-order chi connectivity index (χ1) is 2.56. The first-order valence-electron chi connectivity index (χ1n) is 0.909. The summed E-state index contributed by atoms with van der Waals surface area (Å²) in [5.74, 6) is 0. The van der Waals surface area contributed by atoms with E-state index in [2.05, 4.69) is 11.2 Å². The minimum absolute atomic E-state index is 0.933. The van der Waals surface area contributed by atoms with E-state index in [1.54, 1.807) is 0 Å².